The van der Waals surface area contributed by atoms with Crippen LogP contribution in [0.15, 0.2) is 0 Å². The minimum atomic E-state index is -0.797. The molecule has 1 saturated heterocycles. The summed E-state index contributed by atoms with van der Waals surface area (Å²) in [4.78, 5) is 14.0. The minimum absolute atomic E-state index is 0.0788. The SMILES string of the molecule is CC1CN(CC(=O)NC(C)(C#N)C(C)C)CCO1. The van der Waals surface area contributed by atoms with E-state index in [1.165, 1.54) is 0 Å². The zero-order valence-corrected chi connectivity index (χ0v) is 11.7. The number of rotatable bonds is 4. The van der Waals surface area contributed by atoms with E-state index in [1.807, 2.05) is 20.8 Å². The summed E-state index contributed by atoms with van der Waals surface area (Å²) in [7, 11) is 0. The lowest BCUT2D eigenvalue weighted by atomic mass is 9.90. The van der Waals surface area contributed by atoms with Gasteiger partial charge in [0, 0.05) is 13.1 Å². The van der Waals surface area contributed by atoms with E-state index >= 15 is 0 Å². The molecule has 1 N–H and O–H groups in total. The van der Waals surface area contributed by atoms with Crippen molar-refractivity contribution in [2.75, 3.05) is 26.2 Å². The van der Waals surface area contributed by atoms with Crippen molar-refractivity contribution >= 4 is 5.91 Å². The molecule has 5 heteroatoms. The number of morpholine rings is 1. The number of ether oxygens (including phenoxy) is 1. The maximum absolute atomic E-state index is 12.0. The molecule has 2 atom stereocenters. The van der Waals surface area contributed by atoms with E-state index < -0.39 is 5.54 Å². The zero-order valence-electron chi connectivity index (χ0n) is 11.7. The van der Waals surface area contributed by atoms with Crippen molar-refractivity contribution in [3.8, 4) is 6.07 Å². The number of nitrogens with one attached hydrogen (secondary N) is 1. The monoisotopic (exact) mass is 253 g/mol. The van der Waals surface area contributed by atoms with Crippen molar-refractivity contribution in [1.82, 2.24) is 10.2 Å². The van der Waals surface area contributed by atoms with Crippen LogP contribution in [0.5, 0.6) is 0 Å². The largest absolute Gasteiger partial charge is 0.376 e. The van der Waals surface area contributed by atoms with Crippen molar-refractivity contribution in [1.29, 1.82) is 5.26 Å². The summed E-state index contributed by atoms with van der Waals surface area (Å²) < 4.78 is 5.42. The molecule has 102 valence electrons. The predicted octanol–water partition coefficient (Wildman–Crippen LogP) is 0.762. The first-order valence-electron chi connectivity index (χ1n) is 6.43. The van der Waals surface area contributed by atoms with Crippen LogP contribution in [0, 0.1) is 17.2 Å². The van der Waals surface area contributed by atoms with E-state index in [0.717, 1.165) is 13.1 Å². The van der Waals surface area contributed by atoms with Crippen LogP contribution in [-0.2, 0) is 9.53 Å². The first kappa shape index (κ1) is 14.9. The summed E-state index contributed by atoms with van der Waals surface area (Å²) >= 11 is 0. The number of carbonyl (C=O) groups excluding carboxylic acids is 1. The Kier molecular flexibility index (Phi) is 5.12. The fraction of sp³-hybridized carbons (Fsp3) is 0.846. The Bertz CT molecular complexity index is 338. The number of hydrogen-bond acceptors (Lipinski definition) is 4. The highest BCUT2D eigenvalue weighted by molar-refractivity contribution is 5.79. The van der Waals surface area contributed by atoms with Gasteiger partial charge in [0.25, 0.3) is 0 Å². The highest BCUT2D eigenvalue weighted by Gasteiger charge is 2.30. The maximum Gasteiger partial charge on any atom is 0.235 e. The maximum atomic E-state index is 12.0. The van der Waals surface area contributed by atoms with E-state index in [0.29, 0.717) is 13.2 Å². The van der Waals surface area contributed by atoms with Crippen LogP contribution in [0.1, 0.15) is 27.7 Å². The van der Waals surface area contributed by atoms with E-state index in [4.69, 9.17) is 10.00 Å². The molecule has 0 aromatic rings. The van der Waals surface area contributed by atoms with E-state index in [-0.39, 0.29) is 17.9 Å². The van der Waals surface area contributed by atoms with E-state index in [2.05, 4.69) is 16.3 Å². The molecular weight excluding hydrogens is 230 g/mol. The molecule has 0 radical (unpaired) electrons. The molecule has 0 aliphatic carbocycles. The third-order valence-electron chi connectivity index (χ3n) is 3.48. The van der Waals surface area contributed by atoms with Crippen LogP contribution < -0.4 is 5.32 Å². The van der Waals surface area contributed by atoms with Gasteiger partial charge in [-0.05, 0) is 19.8 Å². The van der Waals surface area contributed by atoms with Gasteiger partial charge in [0.15, 0.2) is 0 Å². The molecule has 0 bridgehead atoms. The van der Waals surface area contributed by atoms with Gasteiger partial charge in [-0.15, -0.1) is 0 Å². The summed E-state index contributed by atoms with van der Waals surface area (Å²) in [6.07, 6.45) is 0.166. The molecule has 2 unspecified atom stereocenters. The van der Waals surface area contributed by atoms with Crippen LogP contribution in [-0.4, -0.2) is 48.7 Å². The van der Waals surface area contributed by atoms with Crippen LogP contribution in [0.4, 0.5) is 0 Å². The number of hydrogen-bond donors (Lipinski definition) is 1. The average molecular weight is 253 g/mol. The molecule has 0 aromatic heterocycles. The molecule has 0 aromatic carbocycles. The highest BCUT2D eigenvalue weighted by Crippen LogP contribution is 2.15. The second-order valence-electron chi connectivity index (χ2n) is 5.43. The normalized spacial score (nSPS) is 24.3. The molecule has 0 saturated carbocycles. The van der Waals surface area contributed by atoms with Crippen molar-refractivity contribution < 1.29 is 9.53 Å². The fourth-order valence-corrected chi connectivity index (χ4v) is 1.87. The lowest BCUT2D eigenvalue weighted by Crippen LogP contribution is -2.53. The van der Waals surface area contributed by atoms with Gasteiger partial charge < -0.3 is 10.1 Å². The molecule has 1 aliphatic rings. The number of nitrogens with zero attached hydrogens (tertiary/aromatic N) is 2. The van der Waals surface area contributed by atoms with Gasteiger partial charge in [-0.3, -0.25) is 9.69 Å². The molecule has 1 aliphatic heterocycles. The zero-order chi connectivity index (χ0) is 13.8. The Morgan fingerprint density at radius 3 is 2.83 bits per heavy atom. The molecule has 1 fully saturated rings. The molecule has 1 rings (SSSR count). The van der Waals surface area contributed by atoms with Gasteiger partial charge in [-0.2, -0.15) is 5.26 Å². The number of amides is 1. The second-order valence-corrected chi connectivity index (χ2v) is 5.43. The quantitative estimate of drug-likeness (QED) is 0.803. The first-order valence-corrected chi connectivity index (χ1v) is 6.43. The van der Waals surface area contributed by atoms with Gasteiger partial charge in [0.2, 0.25) is 5.91 Å². The van der Waals surface area contributed by atoms with Gasteiger partial charge in [-0.25, -0.2) is 0 Å². The van der Waals surface area contributed by atoms with Crippen molar-refractivity contribution in [2.45, 2.75) is 39.3 Å². The summed E-state index contributed by atoms with van der Waals surface area (Å²) in [6, 6.07) is 2.18. The second kappa shape index (κ2) is 6.17. The fourth-order valence-electron chi connectivity index (χ4n) is 1.87. The lowest BCUT2D eigenvalue weighted by Gasteiger charge is -2.32. The molecule has 18 heavy (non-hydrogen) atoms. The Labute approximate surface area is 109 Å². The highest BCUT2D eigenvalue weighted by atomic mass is 16.5. The van der Waals surface area contributed by atoms with E-state index in [9.17, 15) is 4.79 Å². The third kappa shape index (κ3) is 3.97. The Hall–Kier alpha value is -1.12. The standard InChI is InChI=1S/C13H23N3O2/c1-10(2)13(4,9-14)15-12(17)8-16-5-6-18-11(3)7-16/h10-11H,5-8H2,1-4H3,(H,15,17). The summed E-state index contributed by atoms with van der Waals surface area (Å²) in [5.74, 6) is -0.0167. The molecular formula is C13H23N3O2. The van der Waals surface area contributed by atoms with Crippen molar-refractivity contribution in [3.05, 3.63) is 0 Å². The van der Waals surface area contributed by atoms with E-state index in [1.54, 1.807) is 6.92 Å². The number of nitriles is 1. The van der Waals surface area contributed by atoms with Crippen molar-refractivity contribution in [2.24, 2.45) is 5.92 Å². The summed E-state index contributed by atoms with van der Waals surface area (Å²) in [5, 5.41) is 12.0. The molecule has 1 heterocycles. The summed E-state index contributed by atoms with van der Waals surface area (Å²) in [5.41, 5.74) is -0.797. The predicted molar refractivity (Wildman–Crippen MR) is 68.9 cm³/mol. The average Bonchev–Trinajstić information content (AvgIpc) is 2.28. The van der Waals surface area contributed by atoms with Crippen LogP contribution in [0.25, 0.3) is 0 Å². The van der Waals surface area contributed by atoms with Crippen LogP contribution >= 0.6 is 0 Å². The van der Waals surface area contributed by atoms with Gasteiger partial charge in [0.1, 0.15) is 5.54 Å². The van der Waals surface area contributed by atoms with Crippen molar-refractivity contribution in [3.63, 3.8) is 0 Å². The van der Waals surface area contributed by atoms with Gasteiger partial charge in [-0.1, -0.05) is 13.8 Å². The number of carbonyl (C=O) groups is 1. The Balaban J connectivity index is 2.48. The molecule has 0 spiro atoms. The smallest absolute Gasteiger partial charge is 0.235 e. The van der Waals surface area contributed by atoms with Crippen LogP contribution in [0.3, 0.4) is 0 Å². The van der Waals surface area contributed by atoms with Gasteiger partial charge in [0.05, 0.1) is 25.3 Å². The lowest BCUT2D eigenvalue weighted by molar-refractivity contribution is -0.125. The Morgan fingerprint density at radius 1 is 1.67 bits per heavy atom. The Morgan fingerprint density at radius 2 is 2.33 bits per heavy atom. The first-order chi connectivity index (χ1) is 8.37. The molecule has 1 amide bonds. The summed E-state index contributed by atoms with van der Waals surface area (Å²) in [6.45, 7) is 10.1. The third-order valence-corrected chi connectivity index (χ3v) is 3.48. The van der Waals surface area contributed by atoms with Crippen LogP contribution in [0.2, 0.25) is 0 Å². The minimum Gasteiger partial charge on any atom is -0.376 e. The van der Waals surface area contributed by atoms with Gasteiger partial charge >= 0.3 is 0 Å². The molecule has 5 nitrogen and oxygen atoms in total. The topological polar surface area (TPSA) is 65.4 Å².